The van der Waals surface area contributed by atoms with Gasteiger partial charge in [0.2, 0.25) is 0 Å². The number of benzene rings is 1. The van der Waals surface area contributed by atoms with Gasteiger partial charge in [-0.15, -0.1) is 0 Å². The molecule has 0 bridgehead atoms. The zero-order valence-electron chi connectivity index (χ0n) is 16.9. The molecule has 3 aromatic rings. The van der Waals surface area contributed by atoms with Crippen molar-refractivity contribution in [2.75, 3.05) is 0 Å². The Morgan fingerprint density at radius 3 is 2.40 bits per heavy atom. The molecule has 0 aliphatic heterocycles. The first-order valence-corrected chi connectivity index (χ1v) is 8.92. The number of nitrogens with one attached hydrogen (secondary N) is 1. The van der Waals surface area contributed by atoms with Crippen LogP contribution in [0.1, 0.15) is 19.4 Å². The summed E-state index contributed by atoms with van der Waals surface area (Å²) < 4.78 is 8.54. The van der Waals surface area contributed by atoms with E-state index in [1.54, 1.807) is 31.2 Å². The number of hydrazone groups is 1. The Morgan fingerprint density at radius 1 is 1.10 bits per heavy atom. The van der Waals surface area contributed by atoms with Crippen molar-refractivity contribution in [1.29, 1.82) is 0 Å². The van der Waals surface area contributed by atoms with Crippen LogP contribution in [0.3, 0.4) is 0 Å². The van der Waals surface area contributed by atoms with Crippen LogP contribution in [0.5, 0.6) is 5.75 Å². The molecule has 0 radical (unpaired) electrons. The molecular weight excluding hydrogens is 392 g/mol. The van der Waals surface area contributed by atoms with Gasteiger partial charge in [0.25, 0.3) is 11.5 Å². The normalized spacial score (nSPS) is 11.5. The summed E-state index contributed by atoms with van der Waals surface area (Å²) >= 11 is 0. The second kappa shape index (κ2) is 8.15. The highest BCUT2D eigenvalue weighted by Gasteiger charge is 2.15. The predicted molar refractivity (Wildman–Crippen MR) is 108 cm³/mol. The van der Waals surface area contributed by atoms with Crippen molar-refractivity contribution in [1.82, 2.24) is 24.1 Å². The first-order valence-electron chi connectivity index (χ1n) is 8.92. The molecule has 156 valence electrons. The highest BCUT2D eigenvalue weighted by Crippen LogP contribution is 2.13. The van der Waals surface area contributed by atoms with Gasteiger partial charge < -0.3 is 9.30 Å². The molecule has 0 atom stereocenters. The monoisotopic (exact) mass is 412 g/mol. The highest BCUT2D eigenvalue weighted by molar-refractivity contribution is 5.99. The molecule has 2 heterocycles. The van der Waals surface area contributed by atoms with Gasteiger partial charge in [0.1, 0.15) is 12.3 Å². The lowest BCUT2D eigenvalue weighted by Gasteiger charge is -2.07. The number of amides is 1. The molecule has 0 unspecified atom stereocenters. The van der Waals surface area contributed by atoms with Crippen molar-refractivity contribution < 1.29 is 14.3 Å². The van der Waals surface area contributed by atoms with Crippen LogP contribution >= 0.6 is 0 Å². The lowest BCUT2D eigenvalue weighted by Crippen LogP contribution is -2.38. The molecule has 0 saturated heterocycles. The predicted octanol–water partition coefficient (Wildman–Crippen LogP) is -0.101. The van der Waals surface area contributed by atoms with Gasteiger partial charge in [0.15, 0.2) is 11.2 Å². The number of carbonyl (C=O) groups is 2. The topological polar surface area (TPSA) is 130 Å². The van der Waals surface area contributed by atoms with Crippen molar-refractivity contribution in [3.63, 3.8) is 0 Å². The highest BCUT2D eigenvalue weighted by atomic mass is 16.5. The Hall–Kier alpha value is -4.02. The zero-order valence-corrected chi connectivity index (χ0v) is 16.9. The molecule has 0 fully saturated rings. The summed E-state index contributed by atoms with van der Waals surface area (Å²) in [5.41, 5.74) is 3.00. The van der Waals surface area contributed by atoms with E-state index in [9.17, 15) is 19.2 Å². The first kappa shape index (κ1) is 20.7. The maximum absolute atomic E-state index is 12.4. The summed E-state index contributed by atoms with van der Waals surface area (Å²) in [5, 5.41) is 4.05. The molecule has 11 heteroatoms. The fraction of sp³-hybridized carbons (Fsp3) is 0.263. The molecule has 1 N–H and O–H groups in total. The number of aryl methyl sites for hydroxylation is 1. The summed E-state index contributed by atoms with van der Waals surface area (Å²) in [6, 6.07) is 6.65. The van der Waals surface area contributed by atoms with E-state index in [1.807, 2.05) is 0 Å². The van der Waals surface area contributed by atoms with E-state index in [0.29, 0.717) is 11.5 Å². The number of fused-ring (bicyclic) bond motifs is 1. The zero-order chi connectivity index (χ0) is 22.0. The van der Waals surface area contributed by atoms with Crippen LogP contribution in [0, 0.1) is 0 Å². The molecule has 30 heavy (non-hydrogen) atoms. The summed E-state index contributed by atoms with van der Waals surface area (Å²) in [7, 11) is 2.86. The van der Waals surface area contributed by atoms with Crippen LogP contribution in [-0.2, 0) is 30.2 Å². The third-order valence-electron chi connectivity index (χ3n) is 4.41. The van der Waals surface area contributed by atoms with E-state index in [-0.39, 0.29) is 17.7 Å². The average molecular weight is 412 g/mol. The van der Waals surface area contributed by atoms with Crippen LogP contribution in [0.25, 0.3) is 11.2 Å². The average Bonchev–Trinajstić information content (AvgIpc) is 3.12. The number of nitrogens with zero attached hydrogens (tertiary/aromatic N) is 5. The van der Waals surface area contributed by atoms with E-state index < -0.39 is 23.1 Å². The molecular formula is C19H20N6O5. The summed E-state index contributed by atoms with van der Waals surface area (Å²) in [6.07, 6.45) is 1.33. The third kappa shape index (κ3) is 4.04. The van der Waals surface area contributed by atoms with Crippen molar-refractivity contribution in [2.45, 2.75) is 20.4 Å². The fourth-order valence-electron chi connectivity index (χ4n) is 2.85. The SMILES string of the molecule is CC(=O)Oc1ccc(/C(C)=N/NC(=O)Cn2cnc3c2c(=O)n(C)c(=O)n3C)cc1. The van der Waals surface area contributed by atoms with Crippen LogP contribution in [-0.4, -0.2) is 36.3 Å². The molecule has 0 aliphatic carbocycles. The number of hydrogen-bond donors (Lipinski definition) is 1. The number of rotatable bonds is 5. The van der Waals surface area contributed by atoms with Crippen LogP contribution in [0.4, 0.5) is 0 Å². The second-order valence-corrected chi connectivity index (χ2v) is 6.60. The number of ether oxygens (including phenoxy) is 1. The Kier molecular flexibility index (Phi) is 5.63. The van der Waals surface area contributed by atoms with Crippen molar-refractivity contribution in [3.05, 3.63) is 57.0 Å². The van der Waals surface area contributed by atoms with Gasteiger partial charge in [-0.2, -0.15) is 5.10 Å². The van der Waals surface area contributed by atoms with E-state index in [1.165, 1.54) is 36.5 Å². The largest absolute Gasteiger partial charge is 0.427 e. The minimum absolute atomic E-state index is 0.150. The minimum atomic E-state index is -0.536. The molecule has 0 spiro atoms. The first-order chi connectivity index (χ1) is 14.2. The summed E-state index contributed by atoms with van der Waals surface area (Å²) in [6.45, 7) is 2.82. The number of imidazole rings is 1. The molecule has 1 aromatic carbocycles. The van der Waals surface area contributed by atoms with E-state index in [4.69, 9.17) is 4.74 Å². The van der Waals surface area contributed by atoms with E-state index in [0.717, 1.165) is 10.1 Å². The molecule has 0 aliphatic rings. The lowest BCUT2D eigenvalue weighted by molar-refractivity contribution is -0.131. The Bertz CT molecular complexity index is 1280. The smallest absolute Gasteiger partial charge is 0.332 e. The third-order valence-corrected chi connectivity index (χ3v) is 4.41. The number of aromatic nitrogens is 4. The standard InChI is InChI=1S/C19H20N6O5/c1-11(13-5-7-14(8-6-13)30-12(2)26)21-22-15(27)9-25-10-20-17-16(25)18(28)24(4)19(29)23(17)3/h5-8,10H,9H2,1-4H3,(H,22,27)/b21-11+. The van der Waals surface area contributed by atoms with Crippen LogP contribution < -0.4 is 21.4 Å². The van der Waals surface area contributed by atoms with Crippen molar-refractivity contribution >= 4 is 28.8 Å². The molecule has 2 aromatic heterocycles. The van der Waals surface area contributed by atoms with Gasteiger partial charge in [0.05, 0.1) is 12.0 Å². The molecule has 0 saturated carbocycles. The van der Waals surface area contributed by atoms with Crippen LogP contribution in [0.2, 0.25) is 0 Å². The maximum atomic E-state index is 12.4. The Labute approximate surface area is 170 Å². The summed E-state index contributed by atoms with van der Waals surface area (Å²) in [4.78, 5) is 51.7. The van der Waals surface area contributed by atoms with Gasteiger partial charge in [-0.1, -0.05) is 0 Å². The van der Waals surface area contributed by atoms with Gasteiger partial charge in [-0.05, 0) is 36.8 Å². The van der Waals surface area contributed by atoms with E-state index >= 15 is 0 Å². The van der Waals surface area contributed by atoms with Crippen LogP contribution in [0.15, 0.2) is 45.3 Å². The van der Waals surface area contributed by atoms with Gasteiger partial charge >= 0.3 is 11.7 Å². The second-order valence-electron chi connectivity index (χ2n) is 6.60. The minimum Gasteiger partial charge on any atom is -0.427 e. The fourth-order valence-corrected chi connectivity index (χ4v) is 2.85. The van der Waals surface area contributed by atoms with Crippen molar-refractivity contribution in [3.8, 4) is 5.75 Å². The summed E-state index contributed by atoms with van der Waals surface area (Å²) in [5.74, 6) is -0.477. The van der Waals surface area contributed by atoms with Gasteiger partial charge in [-0.3, -0.25) is 23.5 Å². The number of esters is 1. The lowest BCUT2D eigenvalue weighted by atomic mass is 10.1. The quantitative estimate of drug-likeness (QED) is 0.270. The Morgan fingerprint density at radius 2 is 1.77 bits per heavy atom. The Balaban J connectivity index is 1.75. The van der Waals surface area contributed by atoms with Gasteiger partial charge in [0, 0.05) is 21.0 Å². The molecule has 11 nitrogen and oxygen atoms in total. The van der Waals surface area contributed by atoms with Crippen molar-refractivity contribution in [2.24, 2.45) is 19.2 Å². The number of carbonyl (C=O) groups excluding carboxylic acids is 2. The van der Waals surface area contributed by atoms with E-state index in [2.05, 4.69) is 15.5 Å². The number of hydrogen-bond acceptors (Lipinski definition) is 7. The van der Waals surface area contributed by atoms with Gasteiger partial charge in [-0.25, -0.2) is 15.2 Å². The molecule has 3 rings (SSSR count). The maximum Gasteiger partial charge on any atom is 0.332 e. The molecule has 1 amide bonds.